The molecular formula is C24H44O3. The minimum Gasteiger partial charge on any atom is -0.393 e. The molecule has 1 aliphatic heterocycles. The first kappa shape index (κ1) is 24.2. The second-order valence-corrected chi connectivity index (χ2v) is 8.67. The minimum absolute atomic E-state index is 0.238. The van der Waals surface area contributed by atoms with E-state index in [9.17, 15) is 9.59 Å². The van der Waals surface area contributed by atoms with Crippen LogP contribution in [0.4, 0.5) is 0 Å². The van der Waals surface area contributed by atoms with E-state index >= 15 is 0 Å². The van der Waals surface area contributed by atoms with Gasteiger partial charge in [-0.3, -0.25) is 9.59 Å². The van der Waals surface area contributed by atoms with Gasteiger partial charge >= 0.3 is 11.9 Å². The van der Waals surface area contributed by atoms with Gasteiger partial charge in [0, 0.05) is 0 Å². The number of carbonyl (C=O) groups excluding carboxylic acids is 2. The molecule has 0 aromatic carbocycles. The minimum atomic E-state index is -0.499. The van der Waals surface area contributed by atoms with E-state index in [1.165, 1.54) is 89.9 Å². The fraction of sp³-hybridized carbons (Fsp3) is 0.917. The highest BCUT2D eigenvalue weighted by atomic mass is 16.6. The first-order valence-corrected chi connectivity index (χ1v) is 11.9. The third kappa shape index (κ3) is 10.3. The van der Waals surface area contributed by atoms with Crippen LogP contribution in [0.15, 0.2) is 0 Å². The Morgan fingerprint density at radius 1 is 0.630 bits per heavy atom. The second-order valence-electron chi connectivity index (χ2n) is 8.67. The van der Waals surface area contributed by atoms with Crippen molar-refractivity contribution in [3.63, 3.8) is 0 Å². The molecule has 0 saturated carbocycles. The molecule has 0 aliphatic carbocycles. The van der Waals surface area contributed by atoms with Crippen LogP contribution >= 0.6 is 0 Å². The Balaban J connectivity index is 2.22. The van der Waals surface area contributed by atoms with Crippen molar-refractivity contribution in [2.24, 2.45) is 5.41 Å². The van der Waals surface area contributed by atoms with Crippen molar-refractivity contribution in [3.05, 3.63) is 0 Å². The molecule has 1 rings (SSSR count). The van der Waals surface area contributed by atoms with E-state index in [0.29, 0.717) is 6.42 Å². The van der Waals surface area contributed by atoms with Crippen LogP contribution in [0.3, 0.4) is 0 Å². The summed E-state index contributed by atoms with van der Waals surface area (Å²) in [5.41, 5.74) is -0.499. The Morgan fingerprint density at radius 3 is 1.33 bits per heavy atom. The molecular weight excluding hydrogens is 336 g/mol. The number of unbranched alkanes of at least 4 members (excludes halogenated alkanes) is 14. The van der Waals surface area contributed by atoms with E-state index in [0.717, 1.165) is 25.7 Å². The molecule has 27 heavy (non-hydrogen) atoms. The molecule has 3 heteroatoms. The van der Waals surface area contributed by atoms with E-state index < -0.39 is 5.41 Å². The van der Waals surface area contributed by atoms with Crippen LogP contribution in [-0.2, 0) is 14.3 Å². The lowest BCUT2D eigenvalue weighted by Crippen LogP contribution is -2.26. The maximum atomic E-state index is 12.3. The largest absolute Gasteiger partial charge is 0.393 e. The maximum Gasteiger partial charge on any atom is 0.320 e. The van der Waals surface area contributed by atoms with Crippen LogP contribution in [0, 0.1) is 5.41 Å². The summed E-state index contributed by atoms with van der Waals surface area (Å²) >= 11 is 0. The summed E-state index contributed by atoms with van der Waals surface area (Å²) in [6.07, 6.45) is 22.2. The standard InChI is InChI=1S/C24H44O3/c1-3-5-7-9-11-13-15-17-19-24(21-22(25)27-23(24)26)20-18-16-14-12-10-8-6-4-2/h3-21H2,1-2H3. The van der Waals surface area contributed by atoms with Gasteiger partial charge in [0.15, 0.2) is 0 Å². The molecule has 0 N–H and O–H groups in total. The molecule has 0 atom stereocenters. The normalized spacial score (nSPS) is 16.1. The van der Waals surface area contributed by atoms with Crippen molar-refractivity contribution in [2.45, 2.75) is 136 Å². The third-order valence-corrected chi connectivity index (χ3v) is 6.14. The van der Waals surface area contributed by atoms with Gasteiger partial charge in [0.2, 0.25) is 0 Å². The number of cyclic esters (lactones) is 2. The third-order valence-electron chi connectivity index (χ3n) is 6.14. The lowest BCUT2D eigenvalue weighted by molar-refractivity contribution is -0.155. The fourth-order valence-corrected chi connectivity index (χ4v) is 4.30. The Labute approximate surface area is 168 Å². The van der Waals surface area contributed by atoms with Crippen LogP contribution < -0.4 is 0 Å². The number of rotatable bonds is 18. The van der Waals surface area contributed by atoms with E-state index in [4.69, 9.17) is 4.74 Å². The summed E-state index contributed by atoms with van der Waals surface area (Å²) in [5.74, 6) is -0.544. The summed E-state index contributed by atoms with van der Waals surface area (Å²) in [6.45, 7) is 4.49. The van der Waals surface area contributed by atoms with Crippen molar-refractivity contribution in [2.75, 3.05) is 0 Å². The molecule has 0 bridgehead atoms. The predicted octanol–water partition coefficient (Wildman–Crippen LogP) is 7.51. The van der Waals surface area contributed by atoms with Gasteiger partial charge in [-0.1, -0.05) is 117 Å². The Bertz CT molecular complexity index is 382. The number of hydrogen-bond donors (Lipinski definition) is 0. The van der Waals surface area contributed by atoms with Gasteiger partial charge in [-0.15, -0.1) is 0 Å². The Morgan fingerprint density at radius 2 is 1.00 bits per heavy atom. The van der Waals surface area contributed by atoms with Crippen LogP contribution in [-0.4, -0.2) is 11.9 Å². The molecule has 0 spiro atoms. The molecule has 0 radical (unpaired) electrons. The molecule has 1 saturated heterocycles. The number of carbonyl (C=O) groups is 2. The van der Waals surface area contributed by atoms with Crippen molar-refractivity contribution in [1.82, 2.24) is 0 Å². The molecule has 0 amide bonds. The van der Waals surface area contributed by atoms with Gasteiger partial charge < -0.3 is 4.74 Å². The van der Waals surface area contributed by atoms with E-state index in [1.54, 1.807) is 0 Å². The average Bonchev–Trinajstić information content (AvgIpc) is 2.93. The predicted molar refractivity (Wildman–Crippen MR) is 113 cm³/mol. The Kier molecular flexibility index (Phi) is 13.5. The first-order valence-electron chi connectivity index (χ1n) is 11.9. The van der Waals surface area contributed by atoms with Gasteiger partial charge in [0.25, 0.3) is 0 Å². The lowest BCUT2D eigenvalue weighted by Gasteiger charge is -2.23. The summed E-state index contributed by atoms with van der Waals surface area (Å²) in [4.78, 5) is 24.0. The van der Waals surface area contributed by atoms with E-state index in [2.05, 4.69) is 13.8 Å². The van der Waals surface area contributed by atoms with E-state index in [-0.39, 0.29) is 11.9 Å². The molecule has 0 aromatic rings. The maximum absolute atomic E-state index is 12.3. The molecule has 0 unspecified atom stereocenters. The Hall–Kier alpha value is -0.860. The van der Waals surface area contributed by atoms with Crippen LogP contribution in [0.25, 0.3) is 0 Å². The van der Waals surface area contributed by atoms with Crippen molar-refractivity contribution < 1.29 is 14.3 Å². The van der Waals surface area contributed by atoms with Crippen molar-refractivity contribution in [3.8, 4) is 0 Å². The molecule has 1 aliphatic rings. The fourth-order valence-electron chi connectivity index (χ4n) is 4.30. The van der Waals surface area contributed by atoms with Crippen LogP contribution in [0.2, 0.25) is 0 Å². The van der Waals surface area contributed by atoms with Crippen LogP contribution in [0.5, 0.6) is 0 Å². The SMILES string of the molecule is CCCCCCCCCCC1(CCCCCCCCCC)CC(=O)OC1=O. The quantitative estimate of drug-likeness (QED) is 0.140. The van der Waals surface area contributed by atoms with Crippen LogP contribution in [0.1, 0.15) is 136 Å². The van der Waals surface area contributed by atoms with E-state index in [1.807, 2.05) is 0 Å². The highest BCUT2D eigenvalue weighted by Gasteiger charge is 2.47. The second kappa shape index (κ2) is 15.1. The monoisotopic (exact) mass is 380 g/mol. The molecule has 1 fully saturated rings. The summed E-state index contributed by atoms with van der Waals surface area (Å²) in [5, 5.41) is 0. The van der Waals surface area contributed by atoms with Gasteiger partial charge in [0.05, 0.1) is 11.8 Å². The highest BCUT2D eigenvalue weighted by Crippen LogP contribution is 2.41. The zero-order valence-electron chi connectivity index (χ0n) is 18.2. The van der Waals surface area contributed by atoms with Crippen molar-refractivity contribution in [1.29, 1.82) is 0 Å². The zero-order valence-corrected chi connectivity index (χ0v) is 18.2. The van der Waals surface area contributed by atoms with Gasteiger partial charge in [-0.05, 0) is 12.8 Å². The molecule has 0 aromatic heterocycles. The van der Waals surface area contributed by atoms with Gasteiger partial charge in [-0.25, -0.2) is 0 Å². The smallest absolute Gasteiger partial charge is 0.320 e. The van der Waals surface area contributed by atoms with Gasteiger partial charge in [-0.2, -0.15) is 0 Å². The molecule has 3 nitrogen and oxygen atoms in total. The lowest BCUT2D eigenvalue weighted by atomic mass is 9.76. The topological polar surface area (TPSA) is 43.4 Å². The summed E-state index contributed by atoms with van der Waals surface area (Å²) < 4.78 is 4.94. The molecule has 158 valence electrons. The number of esters is 2. The number of ether oxygens (including phenoxy) is 1. The van der Waals surface area contributed by atoms with Crippen molar-refractivity contribution >= 4 is 11.9 Å². The highest BCUT2D eigenvalue weighted by molar-refractivity contribution is 5.97. The average molecular weight is 381 g/mol. The number of hydrogen-bond acceptors (Lipinski definition) is 3. The van der Waals surface area contributed by atoms with Gasteiger partial charge in [0.1, 0.15) is 0 Å². The zero-order chi connectivity index (χ0) is 19.8. The summed E-state index contributed by atoms with van der Waals surface area (Å²) in [7, 11) is 0. The summed E-state index contributed by atoms with van der Waals surface area (Å²) in [6, 6.07) is 0. The molecule has 1 heterocycles. The first-order chi connectivity index (χ1) is 13.1.